The van der Waals surface area contributed by atoms with Gasteiger partial charge in [0.25, 0.3) is 0 Å². The number of aryl methyl sites for hydroxylation is 1. The number of benzene rings is 2. The average Bonchev–Trinajstić information content (AvgIpc) is 3.02. The molecule has 0 N–H and O–H groups in total. The average molecular weight is 374 g/mol. The largest absolute Gasteiger partial charge is 0.472 e. The summed E-state index contributed by atoms with van der Waals surface area (Å²) < 4.78 is 48.4. The molecular formula is C19H13F3N2OS. The quantitative estimate of drug-likeness (QED) is 0.479. The van der Waals surface area contributed by atoms with Gasteiger partial charge in [0.15, 0.2) is 0 Å². The van der Waals surface area contributed by atoms with E-state index in [4.69, 9.17) is 4.74 Å². The van der Waals surface area contributed by atoms with E-state index in [9.17, 15) is 13.2 Å². The van der Waals surface area contributed by atoms with Crippen LogP contribution in [-0.4, -0.2) is 9.97 Å². The maximum Gasteiger partial charge on any atom is 0.235 e. The van der Waals surface area contributed by atoms with Crippen LogP contribution in [0.25, 0.3) is 20.3 Å². The third-order valence-corrected chi connectivity index (χ3v) is 5.13. The Morgan fingerprint density at radius 3 is 2.69 bits per heavy atom. The maximum absolute atomic E-state index is 14.3. The minimum Gasteiger partial charge on any atom is -0.472 e. The van der Waals surface area contributed by atoms with Crippen molar-refractivity contribution < 1.29 is 17.9 Å². The number of aromatic nitrogens is 2. The second-order valence-corrected chi connectivity index (χ2v) is 6.77. The SMILES string of the molecule is CCc1nc(OCc2cc(F)ccc2F)c2sc3cccc(F)c3c2n1. The first kappa shape index (κ1) is 16.8. The molecule has 0 spiro atoms. The fourth-order valence-electron chi connectivity index (χ4n) is 2.72. The molecule has 3 nitrogen and oxygen atoms in total. The van der Waals surface area contributed by atoms with Crippen LogP contribution in [0.1, 0.15) is 18.3 Å². The summed E-state index contributed by atoms with van der Waals surface area (Å²) >= 11 is 1.31. The number of nitrogens with zero attached hydrogens (tertiary/aromatic N) is 2. The molecule has 132 valence electrons. The molecule has 2 aromatic carbocycles. The molecule has 0 saturated carbocycles. The van der Waals surface area contributed by atoms with E-state index in [1.54, 1.807) is 12.1 Å². The molecule has 0 radical (unpaired) electrons. The first-order chi connectivity index (χ1) is 12.6. The fraction of sp³-hybridized carbons (Fsp3) is 0.158. The molecule has 0 saturated heterocycles. The monoisotopic (exact) mass is 374 g/mol. The number of rotatable bonds is 4. The summed E-state index contributed by atoms with van der Waals surface area (Å²) in [6.45, 7) is 1.69. The van der Waals surface area contributed by atoms with Crippen molar-refractivity contribution in [2.75, 3.05) is 0 Å². The number of fused-ring (bicyclic) bond motifs is 3. The summed E-state index contributed by atoms with van der Waals surface area (Å²) in [5.74, 6) is -0.728. The summed E-state index contributed by atoms with van der Waals surface area (Å²) in [5, 5.41) is 0.423. The van der Waals surface area contributed by atoms with Crippen molar-refractivity contribution in [3.05, 3.63) is 65.2 Å². The summed E-state index contributed by atoms with van der Waals surface area (Å²) in [6.07, 6.45) is 0.534. The Kier molecular flexibility index (Phi) is 4.24. The van der Waals surface area contributed by atoms with E-state index in [-0.39, 0.29) is 23.9 Å². The van der Waals surface area contributed by atoms with Crippen LogP contribution in [0.4, 0.5) is 13.2 Å². The van der Waals surface area contributed by atoms with Crippen molar-refractivity contribution in [3.63, 3.8) is 0 Å². The second kappa shape index (κ2) is 6.57. The van der Waals surface area contributed by atoms with Gasteiger partial charge in [0.05, 0.1) is 10.9 Å². The summed E-state index contributed by atoms with van der Waals surface area (Å²) in [5.41, 5.74) is 0.562. The standard InChI is InChI=1S/C19H13F3N2OS/c1-2-15-23-17-16-13(22)4-3-5-14(16)26-18(17)19(24-15)25-9-10-8-11(20)6-7-12(10)21/h3-8H,2,9H2,1H3. The molecule has 0 bridgehead atoms. The highest BCUT2D eigenvalue weighted by Crippen LogP contribution is 2.38. The normalized spacial score (nSPS) is 11.4. The van der Waals surface area contributed by atoms with E-state index in [1.807, 2.05) is 6.92 Å². The molecule has 0 aliphatic heterocycles. The van der Waals surface area contributed by atoms with Gasteiger partial charge in [-0.2, -0.15) is 4.98 Å². The molecule has 0 amide bonds. The van der Waals surface area contributed by atoms with Gasteiger partial charge in [-0.1, -0.05) is 13.0 Å². The van der Waals surface area contributed by atoms with Crippen LogP contribution in [0.3, 0.4) is 0 Å². The predicted octanol–water partition coefficient (Wildman–Crippen LogP) is 5.40. The number of hydrogen-bond donors (Lipinski definition) is 0. The van der Waals surface area contributed by atoms with Crippen LogP contribution in [0.5, 0.6) is 5.88 Å². The number of hydrogen-bond acceptors (Lipinski definition) is 4. The van der Waals surface area contributed by atoms with E-state index in [2.05, 4.69) is 9.97 Å². The van der Waals surface area contributed by atoms with Gasteiger partial charge in [-0.15, -0.1) is 11.3 Å². The minimum absolute atomic E-state index is 0.0853. The van der Waals surface area contributed by atoms with Crippen molar-refractivity contribution in [1.29, 1.82) is 0 Å². The molecule has 0 fully saturated rings. The second-order valence-electron chi connectivity index (χ2n) is 5.72. The molecule has 2 aromatic heterocycles. The van der Waals surface area contributed by atoms with Crippen molar-refractivity contribution in [1.82, 2.24) is 9.97 Å². The molecule has 0 unspecified atom stereocenters. The smallest absolute Gasteiger partial charge is 0.235 e. The number of halogens is 3. The van der Waals surface area contributed by atoms with Gasteiger partial charge < -0.3 is 4.74 Å². The molecule has 7 heteroatoms. The summed E-state index contributed by atoms with van der Waals surface area (Å²) in [4.78, 5) is 8.79. The topological polar surface area (TPSA) is 35.0 Å². The Morgan fingerprint density at radius 2 is 1.88 bits per heavy atom. The van der Waals surface area contributed by atoms with E-state index in [0.29, 0.717) is 27.8 Å². The molecule has 4 rings (SSSR count). The zero-order valence-electron chi connectivity index (χ0n) is 13.7. The van der Waals surface area contributed by atoms with E-state index in [1.165, 1.54) is 17.4 Å². The zero-order chi connectivity index (χ0) is 18.3. The van der Waals surface area contributed by atoms with Gasteiger partial charge in [0.2, 0.25) is 5.88 Å². The maximum atomic E-state index is 14.3. The molecule has 0 aliphatic carbocycles. The van der Waals surface area contributed by atoms with Crippen LogP contribution in [-0.2, 0) is 13.0 Å². The van der Waals surface area contributed by atoms with Crippen LogP contribution in [0, 0.1) is 17.5 Å². The molecule has 0 aliphatic rings. The highest BCUT2D eigenvalue weighted by molar-refractivity contribution is 7.26. The lowest BCUT2D eigenvalue weighted by Crippen LogP contribution is -2.03. The lowest BCUT2D eigenvalue weighted by atomic mass is 10.2. The van der Waals surface area contributed by atoms with Gasteiger partial charge in [-0.25, -0.2) is 18.2 Å². The Hall–Kier alpha value is -2.67. The van der Waals surface area contributed by atoms with E-state index >= 15 is 0 Å². The Balaban J connectivity index is 1.82. The Morgan fingerprint density at radius 1 is 1.04 bits per heavy atom. The van der Waals surface area contributed by atoms with Gasteiger partial charge in [0, 0.05) is 16.7 Å². The van der Waals surface area contributed by atoms with Crippen LogP contribution in [0.2, 0.25) is 0 Å². The molecule has 0 atom stereocenters. The van der Waals surface area contributed by atoms with Crippen molar-refractivity contribution >= 4 is 31.6 Å². The van der Waals surface area contributed by atoms with Gasteiger partial charge in [-0.05, 0) is 30.3 Å². The fourth-order valence-corrected chi connectivity index (χ4v) is 3.82. The van der Waals surface area contributed by atoms with Gasteiger partial charge >= 0.3 is 0 Å². The first-order valence-corrected chi connectivity index (χ1v) is 8.83. The van der Waals surface area contributed by atoms with E-state index < -0.39 is 11.6 Å². The highest BCUT2D eigenvalue weighted by atomic mass is 32.1. The minimum atomic E-state index is -0.560. The van der Waals surface area contributed by atoms with Crippen LogP contribution < -0.4 is 4.74 Å². The first-order valence-electron chi connectivity index (χ1n) is 8.01. The number of ether oxygens (including phenoxy) is 1. The van der Waals surface area contributed by atoms with E-state index in [0.717, 1.165) is 22.9 Å². The van der Waals surface area contributed by atoms with Gasteiger partial charge in [-0.3, -0.25) is 0 Å². The van der Waals surface area contributed by atoms with Gasteiger partial charge in [0.1, 0.15) is 34.6 Å². The third kappa shape index (κ3) is 2.88. The zero-order valence-corrected chi connectivity index (χ0v) is 14.5. The lowest BCUT2D eigenvalue weighted by molar-refractivity contribution is 0.290. The Labute approximate surface area is 151 Å². The van der Waals surface area contributed by atoms with Crippen molar-refractivity contribution in [2.45, 2.75) is 20.0 Å². The number of thiophene rings is 1. The lowest BCUT2D eigenvalue weighted by Gasteiger charge is -2.08. The Bertz CT molecular complexity index is 1130. The third-order valence-electron chi connectivity index (χ3n) is 3.99. The predicted molar refractivity (Wildman–Crippen MR) is 94.9 cm³/mol. The summed E-state index contributed by atoms with van der Waals surface area (Å²) in [6, 6.07) is 7.99. The van der Waals surface area contributed by atoms with Crippen LogP contribution >= 0.6 is 11.3 Å². The molecule has 4 aromatic rings. The summed E-state index contributed by atoms with van der Waals surface area (Å²) in [7, 11) is 0. The van der Waals surface area contributed by atoms with Crippen molar-refractivity contribution in [3.8, 4) is 5.88 Å². The molecule has 2 heterocycles. The van der Waals surface area contributed by atoms with Crippen LogP contribution in [0.15, 0.2) is 36.4 Å². The molecule has 26 heavy (non-hydrogen) atoms. The molecular weight excluding hydrogens is 361 g/mol. The van der Waals surface area contributed by atoms with Crippen molar-refractivity contribution in [2.24, 2.45) is 0 Å². The highest BCUT2D eigenvalue weighted by Gasteiger charge is 2.17.